The van der Waals surface area contributed by atoms with Crippen molar-refractivity contribution >= 4 is 9.84 Å². The Hall–Kier alpha value is -1.11. The highest BCUT2D eigenvalue weighted by Crippen LogP contribution is 2.47. The van der Waals surface area contributed by atoms with Gasteiger partial charge >= 0.3 is 0 Å². The van der Waals surface area contributed by atoms with Crippen LogP contribution in [0.4, 0.5) is 0 Å². The Morgan fingerprint density at radius 1 is 1.40 bits per heavy atom. The topological polar surface area (TPSA) is 89.6 Å². The lowest BCUT2D eigenvalue weighted by Crippen LogP contribution is -2.49. The average Bonchev–Trinajstić information content (AvgIpc) is 2.76. The van der Waals surface area contributed by atoms with Crippen molar-refractivity contribution in [3.05, 3.63) is 29.8 Å². The zero-order valence-corrected chi connectivity index (χ0v) is 12.6. The van der Waals surface area contributed by atoms with E-state index in [2.05, 4.69) is 0 Å². The van der Waals surface area contributed by atoms with E-state index in [1.165, 1.54) is 0 Å². The molecule has 0 aliphatic carbocycles. The molecule has 0 bridgehead atoms. The summed E-state index contributed by atoms with van der Waals surface area (Å²) in [7, 11) is -1.57. The van der Waals surface area contributed by atoms with Crippen LogP contribution in [0.25, 0.3) is 0 Å². The molecule has 0 saturated carbocycles. The molecule has 1 fully saturated rings. The second-order valence-electron chi connectivity index (χ2n) is 5.63. The normalized spacial score (nSPS) is 28.0. The zero-order chi connectivity index (χ0) is 15.0. The Kier molecular flexibility index (Phi) is 3.83. The van der Waals surface area contributed by atoms with E-state index in [4.69, 9.17) is 10.5 Å². The molecular weight excluding hydrogens is 278 g/mol. The average molecular weight is 299 g/mol. The van der Waals surface area contributed by atoms with E-state index in [1.807, 2.05) is 0 Å². The van der Waals surface area contributed by atoms with Gasteiger partial charge in [-0.3, -0.25) is 0 Å². The molecule has 112 valence electrons. The third-order valence-electron chi connectivity index (χ3n) is 4.46. The summed E-state index contributed by atoms with van der Waals surface area (Å²) < 4.78 is 28.7. The van der Waals surface area contributed by atoms with Gasteiger partial charge in [0.25, 0.3) is 0 Å². The van der Waals surface area contributed by atoms with E-state index in [0.717, 1.165) is 0 Å². The van der Waals surface area contributed by atoms with Crippen molar-refractivity contribution in [2.75, 3.05) is 25.2 Å². The largest absolute Gasteiger partial charge is 0.497 e. The third-order valence-corrected chi connectivity index (χ3v) is 6.28. The zero-order valence-electron chi connectivity index (χ0n) is 11.8. The lowest BCUT2D eigenvalue weighted by atomic mass is 9.69. The van der Waals surface area contributed by atoms with Gasteiger partial charge in [0, 0.05) is 12.0 Å². The SMILES string of the molecule is COc1ccc(C(C)(O)C2(CN)CCS(=O)(=O)C2)cc1. The fourth-order valence-corrected chi connectivity index (χ4v) is 5.11. The Labute approximate surface area is 119 Å². The van der Waals surface area contributed by atoms with Crippen LogP contribution in [0.3, 0.4) is 0 Å². The van der Waals surface area contributed by atoms with Gasteiger partial charge in [0.15, 0.2) is 9.84 Å². The summed E-state index contributed by atoms with van der Waals surface area (Å²) in [4.78, 5) is 0. The molecule has 1 aromatic carbocycles. The molecular formula is C14H21NO4S. The fourth-order valence-electron chi connectivity index (χ4n) is 2.88. The minimum Gasteiger partial charge on any atom is -0.497 e. The van der Waals surface area contributed by atoms with Gasteiger partial charge in [0.05, 0.1) is 24.2 Å². The summed E-state index contributed by atoms with van der Waals surface area (Å²) in [6.45, 7) is 1.77. The van der Waals surface area contributed by atoms with Crippen molar-refractivity contribution in [1.82, 2.24) is 0 Å². The highest BCUT2D eigenvalue weighted by Gasteiger charge is 2.53. The second-order valence-corrected chi connectivity index (χ2v) is 7.81. The molecule has 20 heavy (non-hydrogen) atoms. The van der Waals surface area contributed by atoms with Gasteiger partial charge in [-0.05, 0) is 31.0 Å². The maximum Gasteiger partial charge on any atom is 0.151 e. The van der Waals surface area contributed by atoms with Gasteiger partial charge in [-0.25, -0.2) is 8.42 Å². The van der Waals surface area contributed by atoms with Gasteiger partial charge in [-0.1, -0.05) is 12.1 Å². The van der Waals surface area contributed by atoms with Crippen molar-refractivity contribution in [3.63, 3.8) is 0 Å². The van der Waals surface area contributed by atoms with Crippen LogP contribution in [0.15, 0.2) is 24.3 Å². The number of sulfone groups is 1. The first-order valence-electron chi connectivity index (χ1n) is 6.54. The van der Waals surface area contributed by atoms with Crippen molar-refractivity contribution in [1.29, 1.82) is 0 Å². The summed E-state index contributed by atoms with van der Waals surface area (Å²) in [6.07, 6.45) is 0.380. The molecule has 2 unspecified atom stereocenters. The molecule has 3 N–H and O–H groups in total. The van der Waals surface area contributed by atoms with Gasteiger partial charge in [-0.2, -0.15) is 0 Å². The molecule has 1 heterocycles. The smallest absolute Gasteiger partial charge is 0.151 e. The van der Waals surface area contributed by atoms with Gasteiger partial charge < -0.3 is 15.6 Å². The van der Waals surface area contributed by atoms with Crippen molar-refractivity contribution in [3.8, 4) is 5.75 Å². The third kappa shape index (κ3) is 2.43. The number of benzene rings is 1. The number of methoxy groups -OCH3 is 1. The van der Waals surface area contributed by atoms with Crippen LogP contribution in [-0.4, -0.2) is 38.7 Å². The molecule has 6 heteroatoms. The summed E-state index contributed by atoms with van der Waals surface area (Å²) in [5, 5.41) is 10.9. The first kappa shape index (κ1) is 15.3. The minimum absolute atomic E-state index is 0.0739. The lowest BCUT2D eigenvalue weighted by Gasteiger charge is -2.41. The second kappa shape index (κ2) is 5.02. The van der Waals surface area contributed by atoms with Crippen molar-refractivity contribution in [2.45, 2.75) is 18.9 Å². The van der Waals surface area contributed by atoms with E-state index in [-0.39, 0.29) is 18.1 Å². The first-order valence-corrected chi connectivity index (χ1v) is 8.36. The highest BCUT2D eigenvalue weighted by atomic mass is 32.2. The monoisotopic (exact) mass is 299 g/mol. The molecule has 1 aliphatic rings. The predicted octanol–water partition coefficient (Wildman–Crippen LogP) is 0.666. The van der Waals surface area contributed by atoms with Crippen LogP contribution in [0.5, 0.6) is 5.75 Å². The maximum atomic E-state index is 11.8. The maximum absolute atomic E-state index is 11.8. The molecule has 0 spiro atoms. The summed E-state index contributed by atoms with van der Waals surface area (Å²) in [5.74, 6) is 0.692. The number of hydrogen-bond donors (Lipinski definition) is 2. The van der Waals surface area contributed by atoms with Crippen molar-refractivity contribution in [2.24, 2.45) is 11.1 Å². The number of ether oxygens (including phenoxy) is 1. The predicted molar refractivity (Wildman–Crippen MR) is 77.3 cm³/mol. The van der Waals surface area contributed by atoms with Gasteiger partial charge in [-0.15, -0.1) is 0 Å². The fraction of sp³-hybridized carbons (Fsp3) is 0.571. The van der Waals surface area contributed by atoms with Crippen LogP contribution < -0.4 is 10.5 Å². The highest BCUT2D eigenvalue weighted by molar-refractivity contribution is 7.91. The summed E-state index contributed by atoms with van der Waals surface area (Å²) in [6, 6.07) is 7.00. The molecule has 0 amide bonds. The standard InChI is InChI=1S/C14H21NO4S/c1-13(16,11-3-5-12(19-2)6-4-11)14(9-15)7-8-20(17,18)10-14/h3-6,16H,7-10,15H2,1-2H3. The van der Waals surface area contributed by atoms with E-state index in [0.29, 0.717) is 17.7 Å². The summed E-state index contributed by atoms with van der Waals surface area (Å²) >= 11 is 0. The number of hydrogen-bond acceptors (Lipinski definition) is 5. The molecule has 2 rings (SSSR count). The number of rotatable bonds is 4. The first-order chi connectivity index (χ1) is 9.26. The quantitative estimate of drug-likeness (QED) is 0.853. The van der Waals surface area contributed by atoms with Crippen LogP contribution in [0, 0.1) is 5.41 Å². The lowest BCUT2D eigenvalue weighted by molar-refractivity contribution is -0.0583. The van der Waals surface area contributed by atoms with Crippen LogP contribution in [-0.2, 0) is 15.4 Å². The Morgan fingerprint density at radius 3 is 2.40 bits per heavy atom. The molecule has 1 aromatic rings. The molecule has 0 aromatic heterocycles. The van der Waals surface area contributed by atoms with Crippen molar-refractivity contribution < 1.29 is 18.3 Å². The van der Waals surface area contributed by atoms with E-state index in [9.17, 15) is 13.5 Å². The molecule has 0 radical (unpaired) electrons. The Morgan fingerprint density at radius 2 is 2.00 bits per heavy atom. The summed E-state index contributed by atoms with van der Waals surface area (Å²) in [5.41, 5.74) is 4.35. The molecule has 1 saturated heterocycles. The number of aliphatic hydroxyl groups is 1. The Bertz CT molecular complexity index is 580. The van der Waals surface area contributed by atoms with E-state index in [1.54, 1.807) is 38.3 Å². The van der Waals surface area contributed by atoms with Crippen LogP contribution >= 0.6 is 0 Å². The van der Waals surface area contributed by atoms with Crippen LogP contribution in [0.1, 0.15) is 18.9 Å². The van der Waals surface area contributed by atoms with E-state index < -0.39 is 20.9 Å². The van der Waals surface area contributed by atoms with E-state index >= 15 is 0 Å². The van der Waals surface area contributed by atoms with Gasteiger partial charge in [0.2, 0.25) is 0 Å². The molecule has 2 atom stereocenters. The van der Waals surface area contributed by atoms with Gasteiger partial charge in [0.1, 0.15) is 5.75 Å². The molecule has 1 aliphatic heterocycles. The number of nitrogens with two attached hydrogens (primary N) is 1. The van der Waals surface area contributed by atoms with Crippen LogP contribution in [0.2, 0.25) is 0 Å². The molecule has 5 nitrogen and oxygen atoms in total. The minimum atomic E-state index is -3.13. The Balaban J connectivity index is 2.41.